The molecule has 2 aromatic rings. The highest BCUT2D eigenvalue weighted by Gasteiger charge is 2.61. The average molecular weight is 296 g/mol. The van der Waals surface area contributed by atoms with Gasteiger partial charge in [0, 0.05) is 22.4 Å². The molecule has 2 N–H and O–H groups in total. The van der Waals surface area contributed by atoms with Crippen molar-refractivity contribution in [3.05, 3.63) is 35.6 Å². The van der Waals surface area contributed by atoms with E-state index in [9.17, 15) is 4.79 Å². The molecule has 1 spiro atoms. The second-order valence-electron chi connectivity index (χ2n) is 7.11. The molecule has 3 saturated heterocycles. The van der Waals surface area contributed by atoms with Gasteiger partial charge in [0.15, 0.2) is 5.76 Å². The van der Waals surface area contributed by atoms with E-state index in [1.54, 1.807) is 0 Å². The summed E-state index contributed by atoms with van der Waals surface area (Å²) in [6.45, 7) is 2.42. The number of nitrogens with two attached hydrogens (primary N) is 1. The summed E-state index contributed by atoms with van der Waals surface area (Å²) in [6, 6.07) is 7.98. The zero-order chi connectivity index (χ0) is 14.9. The van der Waals surface area contributed by atoms with Crippen LogP contribution in [0.4, 0.5) is 0 Å². The van der Waals surface area contributed by atoms with Crippen LogP contribution < -0.4 is 5.73 Å². The standard InChI is InChI=1S/C18H20N2O2/c19-17(21)16-14(12-3-1-2-4-13(12)22-16)15-11-5-9-20(10-6-11)18(15)7-8-18/h1-4,11,15H,5-10H2,(H2,19,21). The lowest BCUT2D eigenvalue weighted by Gasteiger charge is -2.52. The molecule has 114 valence electrons. The number of para-hydroxylation sites is 1. The summed E-state index contributed by atoms with van der Waals surface area (Å²) >= 11 is 0. The third kappa shape index (κ3) is 1.48. The van der Waals surface area contributed by atoms with Crippen molar-refractivity contribution in [3.63, 3.8) is 0 Å². The van der Waals surface area contributed by atoms with E-state index in [2.05, 4.69) is 11.0 Å². The minimum Gasteiger partial charge on any atom is -0.451 e. The van der Waals surface area contributed by atoms with Gasteiger partial charge in [-0.15, -0.1) is 0 Å². The van der Waals surface area contributed by atoms with Gasteiger partial charge in [-0.2, -0.15) is 0 Å². The lowest BCUT2D eigenvalue weighted by atomic mass is 9.68. The number of hydrogen-bond donors (Lipinski definition) is 1. The third-order valence-corrected chi connectivity index (χ3v) is 6.15. The van der Waals surface area contributed by atoms with Gasteiger partial charge in [0.1, 0.15) is 5.58 Å². The van der Waals surface area contributed by atoms with Crippen LogP contribution in [0.1, 0.15) is 47.7 Å². The van der Waals surface area contributed by atoms with Gasteiger partial charge in [-0.25, -0.2) is 0 Å². The van der Waals surface area contributed by atoms with E-state index in [1.165, 1.54) is 38.8 Å². The van der Waals surface area contributed by atoms with E-state index in [4.69, 9.17) is 10.2 Å². The highest BCUT2D eigenvalue weighted by molar-refractivity contribution is 5.98. The number of carbonyl (C=O) groups is 1. The summed E-state index contributed by atoms with van der Waals surface area (Å²) in [5, 5.41) is 1.08. The van der Waals surface area contributed by atoms with Gasteiger partial charge in [-0.1, -0.05) is 18.2 Å². The fourth-order valence-electron chi connectivity index (χ4n) is 5.13. The summed E-state index contributed by atoms with van der Waals surface area (Å²) < 4.78 is 5.85. The summed E-state index contributed by atoms with van der Waals surface area (Å²) in [5.74, 6) is 1.03. The van der Waals surface area contributed by atoms with Crippen molar-refractivity contribution >= 4 is 16.9 Å². The van der Waals surface area contributed by atoms with Crippen LogP contribution in [0, 0.1) is 5.92 Å². The molecule has 0 radical (unpaired) electrons. The van der Waals surface area contributed by atoms with Crippen molar-refractivity contribution < 1.29 is 9.21 Å². The molecule has 1 aromatic carbocycles. The second-order valence-corrected chi connectivity index (χ2v) is 7.11. The molecule has 1 saturated carbocycles. The van der Waals surface area contributed by atoms with Crippen molar-refractivity contribution in [2.24, 2.45) is 11.7 Å². The molecule has 4 nitrogen and oxygen atoms in total. The van der Waals surface area contributed by atoms with Crippen molar-refractivity contribution in [2.75, 3.05) is 13.1 Å². The van der Waals surface area contributed by atoms with Crippen LogP contribution in [0.3, 0.4) is 0 Å². The molecular weight excluding hydrogens is 276 g/mol. The van der Waals surface area contributed by atoms with Crippen LogP contribution >= 0.6 is 0 Å². The largest absolute Gasteiger partial charge is 0.451 e. The Morgan fingerprint density at radius 2 is 1.95 bits per heavy atom. The number of fused-ring (bicyclic) bond motifs is 3. The van der Waals surface area contributed by atoms with Crippen LogP contribution in [-0.4, -0.2) is 29.4 Å². The van der Waals surface area contributed by atoms with Gasteiger partial charge < -0.3 is 10.2 Å². The molecule has 4 fully saturated rings. The maximum atomic E-state index is 12.0. The molecule has 4 heteroatoms. The summed E-state index contributed by atoms with van der Waals surface area (Å²) in [7, 11) is 0. The van der Waals surface area contributed by atoms with Crippen molar-refractivity contribution in [1.82, 2.24) is 4.90 Å². The lowest BCUT2D eigenvalue weighted by Crippen LogP contribution is -2.55. The van der Waals surface area contributed by atoms with Crippen LogP contribution in [-0.2, 0) is 0 Å². The number of carbonyl (C=O) groups excluding carboxylic acids is 1. The van der Waals surface area contributed by atoms with Gasteiger partial charge in [-0.05, 0) is 50.8 Å². The smallest absolute Gasteiger partial charge is 0.284 e. The van der Waals surface area contributed by atoms with Crippen LogP contribution in [0.15, 0.2) is 28.7 Å². The maximum Gasteiger partial charge on any atom is 0.284 e. The first-order valence-corrected chi connectivity index (χ1v) is 8.27. The molecule has 4 heterocycles. The molecule has 2 bridgehead atoms. The highest BCUT2D eigenvalue weighted by Crippen LogP contribution is 2.62. The number of furan rings is 1. The number of primary amides is 1. The normalized spacial score (nSPS) is 31.7. The first-order chi connectivity index (χ1) is 10.7. The summed E-state index contributed by atoms with van der Waals surface area (Å²) in [5.41, 5.74) is 7.80. The predicted octanol–water partition coefficient (Wildman–Crippen LogP) is 2.87. The van der Waals surface area contributed by atoms with Crippen LogP contribution in [0.5, 0.6) is 0 Å². The summed E-state index contributed by atoms with van der Waals surface area (Å²) in [6.07, 6.45) is 4.94. The Kier molecular flexibility index (Phi) is 2.39. The Bertz CT molecular complexity index is 766. The zero-order valence-corrected chi connectivity index (χ0v) is 12.5. The molecule has 22 heavy (non-hydrogen) atoms. The van der Waals surface area contributed by atoms with Crippen molar-refractivity contribution in [2.45, 2.75) is 37.1 Å². The molecular formula is C18H20N2O2. The number of rotatable bonds is 2. The summed E-state index contributed by atoms with van der Waals surface area (Å²) in [4.78, 5) is 14.6. The van der Waals surface area contributed by atoms with E-state index in [0.29, 0.717) is 17.6 Å². The third-order valence-electron chi connectivity index (χ3n) is 6.15. The zero-order valence-electron chi connectivity index (χ0n) is 12.5. The van der Waals surface area contributed by atoms with Gasteiger partial charge >= 0.3 is 0 Å². The van der Waals surface area contributed by atoms with Gasteiger partial charge in [0.25, 0.3) is 5.91 Å². The van der Waals surface area contributed by atoms with Gasteiger partial charge in [-0.3, -0.25) is 9.69 Å². The quantitative estimate of drug-likeness (QED) is 0.927. The van der Waals surface area contributed by atoms with E-state index in [-0.39, 0.29) is 5.54 Å². The predicted molar refractivity (Wildman–Crippen MR) is 83.7 cm³/mol. The van der Waals surface area contributed by atoms with E-state index in [0.717, 1.165) is 16.5 Å². The minimum atomic E-state index is -0.432. The molecule has 1 amide bonds. The first-order valence-electron chi connectivity index (χ1n) is 8.27. The second kappa shape index (κ2) is 4.13. The van der Waals surface area contributed by atoms with Crippen molar-refractivity contribution in [3.8, 4) is 0 Å². The van der Waals surface area contributed by atoms with Crippen molar-refractivity contribution in [1.29, 1.82) is 0 Å². The highest BCUT2D eigenvalue weighted by atomic mass is 16.3. The van der Waals surface area contributed by atoms with E-state index in [1.807, 2.05) is 18.2 Å². The molecule has 1 atom stereocenters. The first kappa shape index (κ1) is 12.7. The minimum absolute atomic E-state index is 0.276. The lowest BCUT2D eigenvalue weighted by molar-refractivity contribution is 0.00917. The molecule has 1 aliphatic carbocycles. The van der Waals surface area contributed by atoms with Gasteiger partial charge in [0.05, 0.1) is 0 Å². The Morgan fingerprint density at radius 1 is 1.23 bits per heavy atom. The fourth-order valence-corrected chi connectivity index (χ4v) is 5.13. The number of hydrogen-bond acceptors (Lipinski definition) is 3. The molecule has 1 aromatic heterocycles. The van der Waals surface area contributed by atoms with Gasteiger partial charge in [0.2, 0.25) is 0 Å². The molecule has 1 unspecified atom stereocenters. The molecule has 3 aliphatic heterocycles. The Hall–Kier alpha value is -1.81. The Balaban J connectivity index is 1.76. The number of piperidine rings is 3. The fraction of sp³-hybridized carbons (Fsp3) is 0.500. The van der Waals surface area contributed by atoms with Crippen LogP contribution in [0.2, 0.25) is 0 Å². The molecule has 4 aliphatic rings. The van der Waals surface area contributed by atoms with E-state index < -0.39 is 5.91 Å². The SMILES string of the molecule is NC(=O)c1oc2ccccc2c1C1C2CCN(CC2)C12CC2. The van der Waals surface area contributed by atoms with Crippen LogP contribution in [0.25, 0.3) is 11.0 Å². The maximum absolute atomic E-state index is 12.0. The average Bonchev–Trinajstić information content (AvgIpc) is 3.20. The number of amides is 1. The number of nitrogens with zero attached hydrogens (tertiary/aromatic N) is 1. The monoisotopic (exact) mass is 296 g/mol. The topological polar surface area (TPSA) is 59.5 Å². The Labute approximate surface area is 129 Å². The molecule has 6 rings (SSSR count). The number of benzene rings is 1. The Morgan fingerprint density at radius 3 is 2.64 bits per heavy atom. The van der Waals surface area contributed by atoms with E-state index >= 15 is 0 Å².